The number of nitrogens with zero attached hydrogens (tertiary/aromatic N) is 1. The van der Waals surface area contributed by atoms with Crippen molar-refractivity contribution in [2.24, 2.45) is 5.41 Å². The molecule has 9 heteroatoms. The highest BCUT2D eigenvalue weighted by molar-refractivity contribution is 7.89. The van der Waals surface area contributed by atoms with Gasteiger partial charge in [0.05, 0.1) is 12.0 Å². The molecule has 0 aliphatic heterocycles. The predicted molar refractivity (Wildman–Crippen MR) is 111 cm³/mol. The summed E-state index contributed by atoms with van der Waals surface area (Å²) in [6.07, 6.45) is 0. The zero-order valence-corrected chi connectivity index (χ0v) is 17.8. The van der Waals surface area contributed by atoms with Crippen LogP contribution in [-0.2, 0) is 19.7 Å². The molecule has 0 aliphatic carbocycles. The van der Waals surface area contributed by atoms with Crippen molar-refractivity contribution in [1.82, 2.24) is 4.47 Å². The van der Waals surface area contributed by atoms with Crippen LogP contribution in [0.5, 0.6) is 0 Å². The van der Waals surface area contributed by atoms with Crippen molar-refractivity contribution >= 4 is 33.2 Å². The smallest absolute Gasteiger partial charge is 0.264 e. The van der Waals surface area contributed by atoms with Crippen LogP contribution >= 0.6 is 0 Å². The molecule has 0 aliphatic rings. The molecule has 2 N–H and O–H groups in total. The summed E-state index contributed by atoms with van der Waals surface area (Å²) in [5.74, 6) is -0.637. The van der Waals surface area contributed by atoms with Gasteiger partial charge in [0.2, 0.25) is 5.91 Å². The molecule has 0 bridgehead atoms. The minimum absolute atomic E-state index is 0.0688. The van der Waals surface area contributed by atoms with E-state index in [1.54, 1.807) is 45.0 Å². The first-order valence-corrected chi connectivity index (χ1v) is 10.2. The Labute approximate surface area is 170 Å². The molecule has 2 rings (SSSR count). The van der Waals surface area contributed by atoms with Gasteiger partial charge < -0.3 is 10.6 Å². The maximum Gasteiger partial charge on any atom is 0.264 e. The molecule has 2 aromatic rings. The number of carbonyl (C=O) groups excluding carboxylic acids is 2. The van der Waals surface area contributed by atoms with Crippen LogP contribution < -0.4 is 10.6 Å². The molecule has 0 saturated carbocycles. The quantitative estimate of drug-likeness (QED) is 0.700. The highest BCUT2D eigenvalue weighted by Gasteiger charge is 2.23. The molecular formula is C20H25N3O5S. The Morgan fingerprint density at radius 1 is 0.966 bits per heavy atom. The van der Waals surface area contributed by atoms with Crippen molar-refractivity contribution in [2.75, 3.05) is 24.8 Å². The van der Waals surface area contributed by atoms with Gasteiger partial charge in [0, 0.05) is 29.4 Å². The monoisotopic (exact) mass is 419 g/mol. The van der Waals surface area contributed by atoms with E-state index < -0.39 is 21.3 Å². The molecule has 0 radical (unpaired) electrons. The molecule has 2 aromatic carbocycles. The number of hydrogen-bond acceptors (Lipinski definition) is 5. The predicted octanol–water partition coefficient (Wildman–Crippen LogP) is 3.11. The van der Waals surface area contributed by atoms with Crippen LogP contribution in [0, 0.1) is 5.41 Å². The van der Waals surface area contributed by atoms with E-state index in [0.29, 0.717) is 15.8 Å². The summed E-state index contributed by atoms with van der Waals surface area (Å²) in [4.78, 5) is 29.4. The normalized spacial score (nSPS) is 11.9. The lowest BCUT2D eigenvalue weighted by Crippen LogP contribution is -2.27. The number of hydrogen-bond donors (Lipinski definition) is 2. The van der Waals surface area contributed by atoms with Crippen molar-refractivity contribution in [1.29, 1.82) is 0 Å². The fraction of sp³-hybridized carbons (Fsp3) is 0.300. The van der Waals surface area contributed by atoms with Gasteiger partial charge in [-0.1, -0.05) is 37.4 Å². The van der Waals surface area contributed by atoms with Crippen molar-refractivity contribution in [3.8, 4) is 0 Å². The van der Waals surface area contributed by atoms with Crippen molar-refractivity contribution in [2.45, 2.75) is 25.7 Å². The first kappa shape index (κ1) is 22.5. The maximum atomic E-state index is 12.6. The summed E-state index contributed by atoms with van der Waals surface area (Å²) in [5, 5.41) is 5.50. The molecular weight excluding hydrogens is 394 g/mol. The summed E-state index contributed by atoms with van der Waals surface area (Å²) in [7, 11) is -1.37. The third-order valence-electron chi connectivity index (χ3n) is 4.05. The SMILES string of the molecule is CON(C)S(=O)(=O)c1cccc(C(=O)Nc2cccc(NC(=O)C(C)(C)C)c2)c1. The van der Waals surface area contributed by atoms with E-state index in [0.717, 1.165) is 0 Å². The maximum absolute atomic E-state index is 12.6. The highest BCUT2D eigenvalue weighted by atomic mass is 32.2. The number of hydroxylamine groups is 1. The summed E-state index contributed by atoms with van der Waals surface area (Å²) in [6, 6.07) is 12.3. The van der Waals surface area contributed by atoms with Gasteiger partial charge in [0.1, 0.15) is 0 Å². The van der Waals surface area contributed by atoms with E-state index >= 15 is 0 Å². The van der Waals surface area contributed by atoms with Gasteiger partial charge in [-0.05, 0) is 36.4 Å². The molecule has 0 aromatic heterocycles. The lowest BCUT2D eigenvalue weighted by Gasteiger charge is -2.18. The topological polar surface area (TPSA) is 105 Å². The minimum atomic E-state index is -3.87. The fourth-order valence-corrected chi connectivity index (χ4v) is 3.26. The Bertz CT molecular complexity index is 1010. The molecule has 0 unspecified atom stereocenters. The van der Waals surface area contributed by atoms with E-state index in [9.17, 15) is 18.0 Å². The number of amides is 2. The molecule has 2 amide bonds. The molecule has 8 nitrogen and oxygen atoms in total. The van der Waals surface area contributed by atoms with Crippen LogP contribution in [0.25, 0.3) is 0 Å². The Hall–Kier alpha value is -2.75. The summed E-state index contributed by atoms with van der Waals surface area (Å²) >= 11 is 0. The van der Waals surface area contributed by atoms with Gasteiger partial charge in [-0.3, -0.25) is 14.4 Å². The summed E-state index contributed by atoms with van der Waals surface area (Å²) in [6.45, 7) is 5.40. The van der Waals surface area contributed by atoms with Crippen LogP contribution in [0.4, 0.5) is 11.4 Å². The average molecular weight is 420 g/mol. The molecule has 0 heterocycles. The van der Waals surface area contributed by atoms with Gasteiger partial charge in [-0.25, -0.2) is 8.42 Å². The van der Waals surface area contributed by atoms with E-state index in [1.807, 2.05) is 0 Å². The zero-order valence-electron chi connectivity index (χ0n) is 17.0. The minimum Gasteiger partial charge on any atom is -0.326 e. The largest absolute Gasteiger partial charge is 0.326 e. The average Bonchev–Trinajstić information content (AvgIpc) is 2.66. The van der Waals surface area contributed by atoms with E-state index in [4.69, 9.17) is 4.84 Å². The highest BCUT2D eigenvalue weighted by Crippen LogP contribution is 2.21. The first-order chi connectivity index (χ1) is 13.4. The zero-order chi connectivity index (χ0) is 21.8. The van der Waals surface area contributed by atoms with Crippen LogP contribution in [0.15, 0.2) is 53.4 Å². The lowest BCUT2D eigenvalue weighted by atomic mass is 9.95. The van der Waals surface area contributed by atoms with Gasteiger partial charge in [-0.2, -0.15) is 0 Å². The molecule has 29 heavy (non-hydrogen) atoms. The van der Waals surface area contributed by atoms with Gasteiger partial charge in [0.15, 0.2) is 0 Å². The number of carbonyl (C=O) groups is 2. The Kier molecular flexibility index (Phi) is 6.78. The van der Waals surface area contributed by atoms with E-state index in [2.05, 4.69) is 10.6 Å². The second kappa shape index (κ2) is 8.73. The molecule has 0 spiro atoms. The molecule has 156 valence electrons. The van der Waals surface area contributed by atoms with Crippen LogP contribution in [0.1, 0.15) is 31.1 Å². The van der Waals surface area contributed by atoms with E-state index in [-0.39, 0.29) is 16.4 Å². The lowest BCUT2D eigenvalue weighted by molar-refractivity contribution is -0.123. The third-order valence-corrected chi connectivity index (χ3v) is 5.72. The fourth-order valence-electron chi connectivity index (χ4n) is 2.24. The number of anilines is 2. The van der Waals surface area contributed by atoms with Crippen LogP contribution in [-0.4, -0.2) is 38.9 Å². The van der Waals surface area contributed by atoms with Crippen molar-refractivity contribution in [3.63, 3.8) is 0 Å². The van der Waals surface area contributed by atoms with Gasteiger partial charge in [-0.15, -0.1) is 0 Å². The molecule has 0 atom stereocenters. The van der Waals surface area contributed by atoms with Crippen LogP contribution in [0.2, 0.25) is 0 Å². The molecule has 0 fully saturated rings. The molecule has 0 saturated heterocycles. The number of nitrogens with one attached hydrogen (secondary N) is 2. The van der Waals surface area contributed by atoms with Gasteiger partial charge in [0.25, 0.3) is 15.9 Å². The number of benzene rings is 2. The Morgan fingerprint density at radius 2 is 1.55 bits per heavy atom. The van der Waals surface area contributed by atoms with E-state index in [1.165, 1.54) is 38.4 Å². The van der Waals surface area contributed by atoms with Crippen molar-refractivity contribution < 1.29 is 22.8 Å². The summed E-state index contributed by atoms with van der Waals surface area (Å²) in [5.41, 5.74) is 0.616. The second-order valence-electron chi connectivity index (χ2n) is 7.36. The Morgan fingerprint density at radius 3 is 2.14 bits per heavy atom. The van der Waals surface area contributed by atoms with Crippen molar-refractivity contribution in [3.05, 3.63) is 54.1 Å². The first-order valence-electron chi connectivity index (χ1n) is 8.81. The second-order valence-corrected chi connectivity index (χ2v) is 9.30. The third kappa shape index (κ3) is 5.63. The summed E-state index contributed by atoms with van der Waals surface area (Å²) < 4.78 is 25.4. The number of sulfonamides is 1. The Balaban J connectivity index is 2.20. The number of rotatable bonds is 6. The van der Waals surface area contributed by atoms with Gasteiger partial charge >= 0.3 is 0 Å². The standard InChI is InChI=1S/C20H25N3O5S/c1-20(2,3)19(25)22-16-10-7-9-15(13-16)21-18(24)14-8-6-11-17(12-14)29(26,27)23(4)28-5/h6-13H,1-5H3,(H,21,24)(H,22,25). The van der Waals surface area contributed by atoms with Crippen LogP contribution in [0.3, 0.4) is 0 Å².